The molecule has 0 aromatic heterocycles. The van der Waals surface area contributed by atoms with Crippen LogP contribution in [0.1, 0.15) is 129 Å². The van der Waals surface area contributed by atoms with Crippen molar-refractivity contribution < 1.29 is 0 Å². The topological polar surface area (TPSA) is 476 Å². The Hall–Kier alpha value is -0.880. The van der Waals surface area contributed by atoms with E-state index in [1.165, 1.54) is 70.6 Å². The van der Waals surface area contributed by atoms with Crippen molar-refractivity contribution in [3.8, 4) is 0 Å². The summed E-state index contributed by atoms with van der Waals surface area (Å²) in [5.41, 5.74) is 91.8. The molecule has 2 saturated carbocycles. The zero-order valence-electron chi connectivity index (χ0n) is 47.6. The molecule has 2 rings (SSSR count). The number of nitrogens with one attached hydrogen (secondary N) is 2. The van der Waals surface area contributed by atoms with Gasteiger partial charge < -0.3 is 118 Å². The molecule has 0 aromatic rings. The summed E-state index contributed by atoms with van der Waals surface area (Å²) in [6.45, 7) is 23.5. The maximum absolute atomic E-state index is 5.65. The van der Waals surface area contributed by atoms with Crippen molar-refractivity contribution in [2.45, 2.75) is 153 Å². The van der Waals surface area contributed by atoms with Crippen molar-refractivity contribution >= 4 is 0 Å². The third kappa shape index (κ3) is 78.0. The molecule has 22 nitrogen and oxygen atoms in total. The van der Waals surface area contributed by atoms with E-state index in [0.717, 1.165) is 195 Å². The Bertz CT molecular complexity index is 764. The quantitative estimate of drug-likeness (QED) is 0.0279. The van der Waals surface area contributed by atoms with Gasteiger partial charge in [-0.1, -0.05) is 58.3 Å². The number of rotatable bonds is 35. The Labute approximate surface area is 445 Å². The van der Waals surface area contributed by atoms with E-state index < -0.39 is 0 Å². The molecule has 0 radical (unpaired) electrons. The van der Waals surface area contributed by atoms with Gasteiger partial charge in [-0.2, -0.15) is 0 Å². The first-order valence-corrected chi connectivity index (χ1v) is 28.5. The zero-order valence-corrected chi connectivity index (χ0v) is 47.6. The molecule has 22 heteroatoms. The lowest BCUT2D eigenvalue weighted by Crippen LogP contribution is -2.43. The highest BCUT2D eigenvalue weighted by Gasteiger charge is 2.17. The van der Waals surface area contributed by atoms with Crippen LogP contribution in [0.15, 0.2) is 0 Å². The second-order valence-electron chi connectivity index (χ2n) is 18.5. The van der Waals surface area contributed by atoms with Crippen molar-refractivity contribution in [2.24, 2.45) is 97.5 Å². The minimum Gasteiger partial charge on any atom is -0.330 e. The Morgan fingerprint density at radius 2 is 0.556 bits per heavy atom. The second-order valence-corrected chi connectivity index (χ2v) is 18.5. The highest BCUT2D eigenvalue weighted by molar-refractivity contribution is 4.80. The van der Waals surface area contributed by atoms with Crippen LogP contribution in [0.25, 0.3) is 0 Å². The zero-order chi connectivity index (χ0) is 55.6. The van der Waals surface area contributed by atoms with Crippen LogP contribution >= 0.6 is 0 Å². The fourth-order valence-corrected chi connectivity index (χ4v) is 7.07. The molecule has 0 amide bonds. The van der Waals surface area contributed by atoms with Gasteiger partial charge in [-0.25, -0.2) is 0 Å². The molecule has 0 spiro atoms. The first-order chi connectivity index (χ1) is 34.9. The molecule has 0 aromatic carbocycles. The van der Waals surface area contributed by atoms with E-state index in [-0.39, 0.29) is 24.2 Å². The van der Waals surface area contributed by atoms with Crippen LogP contribution in [0.3, 0.4) is 0 Å². The van der Waals surface area contributed by atoms with E-state index in [4.69, 9.17) is 97.5 Å². The molecule has 72 heavy (non-hydrogen) atoms. The molecule has 0 saturated heterocycles. The molecule has 0 bridgehead atoms. The average Bonchev–Trinajstić information content (AvgIpc) is 3.37. The van der Waals surface area contributed by atoms with Crippen LogP contribution in [0.2, 0.25) is 0 Å². The summed E-state index contributed by atoms with van der Waals surface area (Å²) in [4.78, 5) is 6.57. The fourth-order valence-electron chi connectivity index (χ4n) is 7.07. The van der Waals surface area contributed by atoms with Crippen LogP contribution in [0.5, 0.6) is 0 Å². The molecule has 444 valence electrons. The first kappa shape index (κ1) is 82.5. The van der Waals surface area contributed by atoms with Gasteiger partial charge in [0, 0.05) is 142 Å². The summed E-state index contributed by atoms with van der Waals surface area (Å²) in [6.07, 6.45) is 22.8. The highest BCUT2D eigenvalue weighted by Crippen LogP contribution is 2.15. The van der Waals surface area contributed by atoms with Crippen LogP contribution in [0, 0.1) is 0 Å². The van der Waals surface area contributed by atoms with Crippen LogP contribution in [0.4, 0.5) is 0 Å². The normalized spacial score (nSPS) is 16.9. The van der Waals surface area contributed by atoms with Crippen molar-refractivity contribution in [1.29, 1.82) is 0 Å². The van der Waals surface area contributed by atoms with Gasteiger partial charge in [-0.3, -0.25) is 4.90 Å². The van der Waals surface area contributed by atoms with E-state index in [2.05, 4.69) is 32.3 Å². The largest absolute Gasteiger partial charge is 0.330 e. The Kier molecular flexibility index (Phi) is 87.8. The van der Waals surface area contributed by atoms with Gasteiger partial charge in [0.05, 0.1) is 0 Å². The molecular formula is C50H134N22. The standard InChI is InChI=1S/C9H24N4.C7H19N3.C6H18N4.2C6H14N2.C6H16N2.C5H15N3.C5H14N2/c10-4-8-12-6-2-1-3-7-13-9-5-11;1-2-5-10(6-3-8)7-4-9;7-1-4-10(5-2-8)6-3-9;2*7-5-3-1-2-4-6(5)8;7-5-3-1-2-4-6-8;1-8(4-2-6)5-3-7;6-4-2-1-3-5-7/h12-13H,1-11H2;2-9H2,1H3;1-9H2;2*5-6H,1-4,7-8H2;1-8H2;2-7H2,1H3;1-7H2/t;;;5-,6+;5-,6-;;;/m....1.../s1. The SMILES string of the molecule is CCCN(CCN)CCN.CN(CCN)CCN.NCCCCCCN.NCCCCCN.NCCN(CCN)CCN.NCCNCCCCCNCCN.N[C@@H]1CCCC[C@@H]1N.N[C@@H]1CCCC[C@H]1N. The van der Waals surface area contributed by atoms with Crippen molar-refractivity contribution in [3.63, 3.8) is 0 Å². The third-order valence-electron chi connectivity index (χ3n) is 11.5. The molecular weight excluding hydrogens is 909 g/mol. The fraction of sp³-hybridized carbons (Fsp3) is 1.00. The van der Waals surface area contributed by atoms with E-state index in [1.54, 1.807) is 0 Å². The number of hydrogen-bond donors (Lipinski definition) is 19. The van der Waals surface area contributed by atoms with Crippen molar-refractivity contribution in [2.75, 3.05) is 171 Å². The second kappa shape index (κ2) is 76.6. The van der Waals surface area contributed by atoms with Gasteiger partial charge in [0.2, 0.25) is 0 Å². The van der Waals surface area contributed by atoms with Gasteiger partial charge in [0.25, 0.3) is 0 Å². The molecule has 0 heterocycles. The van der Waals surface area contributed by atoms with Gasteiger partial charge in [-0.05, 0) is 123 Å². The molecule has 0 unspecified atom stereocenters. The van der Waals surface area contributed by atoms with Crippen LogP contribution < -0.4 is 108 Å². The predicted molar refractivity (Wildman–Crippen MR) is 319 cm³/mol. The van der Waals surface area contributed by atoms with Gasteiger partial charge >= 0.3 is 0 Å². The summed E-state index contributed by atoms with van der Waals surface area (Å²) in [6, 6.07) is 1.12. The summed E-state index contributed by atoms with van der Waals surface area (Å²) in [5.74, 6) is 0. The van der Waals surface area contributed by atoms with Crippen molar-refractivity contribution in [1.82, 2.24) is 25.3 Å². The monoisotopic (exact) mass is 1040 g/mol. The number of nitrogens with two attached hydrogens (primary N) is 17. The number of hydrogen-bond acceptors (Lipinski definition) is 22. The average molecular weight is 1040 g/mol. The van der Waals surface area contributed by atoms with E-state index in [9.17, 15) is 0 Å². The molecule has 36 N–H and O–H groups in total. The molecule has 2 fully saturated rings. The summed E-state index contributed by atoms with van der Waals surface area (Å²) < 4.78 is 0. The van der Waals surface area contributed by atoms with Crippen LogP contribution in [-0.2, 0) is 0 Å². The van der Waals surface area contributed by atoms with Gasteiger partial charge in [0.1, 0.15) is 0 Å². The first-order valence-electron chi connectivity index (χ1n) is 28.5. The summed E-state index contributed by atoms with van der Waals surface area (Å²) in [7, 11) is 2.01. The lowest BCUT2D eigenvalue weighted by atomic mass is 9.92. The molecule has 2 aliphatic rings. The smallest absolute Gasteiger partial charge is 0.0192 e. The minimum absolute atomic E-state index is 0.281. The third-order valence-corrected chi connectivity index (χ3v) is 11.5. The maximum Gasteiger partial charge on any atom is 0.0192 e. The summed E-state index contributed by atoms with van der Waals surface area (Å²) >= 11 is 0. The number of likely N-dealkylation sites (N-methyl/N-ethyl adjacent to an activating group) is 1. The summed E-state index contributed by atoms with van der Waals surface area (Å²) in [5, 5.41) is 6.54. The predicted octanol–water partition coefficient (Wildman–Crippen LogP) is -3.16. The lowest BCUT2D eigenvalue weighted by Gasteiger charge is -2.24. The highest BCUT2D eigenvalue weighted by atomic mass is 15.1. The Balaban J connectivity index is -0.000000174. The number of nitrogens with zero attached hydrogens (tertiary/aromatic N) is 3. The number of unbranched alkanes of at least 4 members (excludes halogenated alkanes) is 7. The molecule has 0 aliphatic heterocycles. The van der Waals surface area contributed by atoms with Gasteiger partial charge in [0.15, 0.2) is 0 Å². The van der Waals surface area contributed by atoms with E-state index in [1.807, 2.05) is 7.05 Å². The molecule has 2 aliphatic carbocycles. The van der Waals surface area contributed by atoms with Crippen molar-refractivity contribution in [3.05, 3.63) is 0 Å². The van der Waals surface area contributed by atoms with Gasteiger partial charge in [-0.15, -0.1) is 0 Å². The van der Waals surface area contributed by atoms with E-state index in [0.29, 0.717) is 19.6 Å². The minimum atomic E-state index is 0.281. The Morgan fingerprint density at radius 3 is 0.778 bits per heavy atom. The van der Waals surface area contributed by atoms with E-state index >= 15 is 0 Å². The lowest BCUT2D eigenvalue weighted by molar-refractivity contribution is 0.289. The maximum atomic E-state index is 5.65. The van der Waals surface area contributed by atoms with Crippen LogP contribution in [-0.4, -0.2) is 210 Å². The molecule has 4 atom stereocenters. The Morgan fingerprint density at radius 1 is 0.306 bits per heavy atom.